The van der Waals surface area contributed by atoms with Crippen LogP contribution in [0.1, 0.15) is 163 Å². The molecule has 0 bridgehead atoms. The van der Waals surface area contributed by atoms with Gasteiger partial charge in [-0.2, -0.15) is 0 Å². The van der Waals surface area contributed by atoms with Crippen molar-refractivity contribution in [1.82, 2.24) is 19.7 Å². The van der Waals surface area contributed by atoms with E-state index in [1.165, 1.54) is 76.2 Å². The summed E-state index contributed by atoms with van der Waals surface area (Å²) in [6.07, 6.45) is 25.7. The van der Waals surface area contributed by atoms with E-state index in [1.54, 1.807) is 12.4 Å². The molecule has 7 nitrogen and oxygen atoms in total. The number of ether oxygens (including phenoxy) is 1. The molecule has 5 aliphatic carbocycles. The summed E-state index contributed by atoms with van der Waals surface area (Å²) in [7, 11) is 0. The summed E-state index contributed by atoms with van der Waals surface area (Å²) in [6.45, 7) is 15.0. The molecule has 54 heavy (non-hydrogen) atoms. The van der Waals surface area contributed by atoms with Crippen molar-refractivity contribution in [3.05, 3.63) is 36.2 Å². The van der Waals surface area contributed by atoms with Gasteiger partial charge in [0.15, 0.2) is 16.1 Å². The van der Waals surface area contributed by atoms with Crippen LogP contribution in [-0.2, 0) is 14.3 Å². The van der Waals surface area contributed by atoms with Crippen LogP contribution in [0.3, 0.4) is 0 Å². The molecule has 0 saturated heterocycles. The van der Waals surface area contributed by atoms with Crippen LogP contribution in [0.2, 0.25) is 0 Å². The molecular weight excluding hydrogens is 689 g/mol. The summed E-state index contributed by atoms with van der Waals surface area (Å²) in [5, 5.41) is 9.54. The smallest absolute Gasteiger partial charge is 0.306 e. The van der Waals surface area contributed by atoms with Crippen LogP contribution in [-0.4, -0.2) is 36.9 Å². The molecule has 8 heteroatoms. The van der Waals surface area contributed by atoms with Gasteiger partial charge in [0, 0.05) is 36.8 Å². The van der Waals surface area contributed by atoms with E-state index in [0.29, 0.717) is 10.6 Å². The zero-order chi connectivity index (χ0) is 38.0. The van der Waals surface area contributed by atoms with E-state index in [-0.39, 0.29) is 41.5 Å². The Bertz CT molecular complexity index is 1630. The fraction of sp³-hybridized carbons (Fsp3) is 0.761. The molecule has 2 heterocycles. The minimum atomic E-state index is -0.253. The van der Waals surface area contributed by atoms with Gasteiger partial charge in [-0.3, -0.25) is 19.1 Å². The van der Waals surface area contributed by atoms with Crippen molar-refractivity contribution in [2.75, 3.05) is 0 Å². The SMILES string of the molecule is CC[C@H](CC[C@@H](C)[C@H]1CC[C@H]2[C@@H]3CC=C4C[C@@H](OC(=O)CCC(=O)Sc5nnc(-c6ccncc6)n5C5CCCCC5)CC[C@]4(C)[C@H]3CC[C@]12C)C(C)C. The molecule has 0 N–H and O–H groups in total. The average Bonchev–Trinajstić information content (AvgIpc) is 3.75. The van der Waals surface area contributed by atoms with Crippen LogP contribution in [0.25, 0.3) is 11.4 Å². The van der Waals surface area contributed by atoms with Crippen LogP contribution < -0.4 is 0 Å². The second-order valence-corrected chi connectivity index (χ2v) is 20.0. The first-order chi connectivity index (χ1) is 26.0. The van der Waals surface area contributed by atoms with Gasteiger partial charge in [-0.05, 0) is 140 Å². The minimum absolute atomic E-state index is 0.0662. The highest BCUT2D eigenvalue weighted by atomic mass is 32.2. The molecule has 7 rings (SSSR count). The van der Waals surface area contributed by atoms with E-state index >= 15 is 0 Å². The van der Waals surface area contributed by atoms with E-state index in [4.69, 9.17) is 4.74 Å². The number of rotatable bonds is 13. The quantitative estimate of drug-likeness (QED) is 0.114. The fourth-order valence-corrected chi connectivity index (χ4v) is 13.5. The van der Waals surface area contributed by atoms with Gasteiger partial charge in [-0.25, -0.2) is 0 Å². The summed E-state index contributed by atoms with van der Waals surface area (Å²) in [5.41, 5.74) is 3.20. The number of esters is 1. The first-order valence-electron chi connectivity index (χ1n) is 22.0. The Morgan fingerprint density at radius 2 is 1.70 bits per heavy atom. The monoisotopic (exact) mass is 757 g/mol. The van der Waals surface area contributed by atoms with Gasteiger partial charge in [0.05, 0.1) is 6.42 Å². The van der Waals surface area contributed by atoms with E-state index in [2.05, 4.69) is 67.4 Å². The highest BCUT2D eigenvalue weighted by Crippen LogP contribution is 2.67. The maximum Gasteiger partial charge on any atom is 0.306 e. The Hall–Kier alpha value is -2.48. The molecule has 5 aliphatic rings. The zero-order valence-corrected chi connectivity index (χ0v) is 35.0. The van der Waals surface area contributed by atoms with Gasteiger partial charge in [-0.15, -0.1) is 10.2 Å². The van der Waals surface area contributed by atoms with Gasteiger partial charge in [-0.1, -0.05) is 85.3 Å². The summed E-state index contributed by atoms with van der Waals surface area (Å²) < 4.78 is 8.27. The second kappa shape index (κ2) is 16.9. The second-order valence-electron chi connectivity index (χ2n) is 19.0. The lowest BCUT2D eigenvalue weighted by molar-refractivity contribution is -0.152. The highest BCUT2D eigenvalue weighted by molar-refractivity contribution is 8.13. The molecule has 4 fully saturated rings. The van der Waals surface area contributed by atoms with Crippen molar-refractivity contribution in [2.24, 2.45) is 52.3 Å². The predicted molar refractivity (Wildman–Crippen MR) is 218 cm³/mol. The molecule has 2 aromatic heterocycles. The van der Waals surface area contributed by atoms with E-state index < -0.39 is 0 Å². The lowest BCUT2D eigenvalue weighted by Crippen LogP contribution is -2.51. The van der Waals surface area contributed by atoms with Crippen molar-refractivity contribution in [1.29, 1.82) is 0 Å². The van der Waals surface area contributed by atoms with E-state index in [0.717, 1.165) is 96.7 Å². The third-order valence-electron chi connectivity index (χ3n) is 15.9. The molecule has 0 radical (unpaired) electrons. The summed E-state index contributed by atoms with van der Waals surface area (Å²) >= 11 is 1.12. The third-order valence-corrected chi connectivity index (χ3v) is 16.8. The van der Waals surface area contributed by atoms with E-state index in [1.807, 2.05) is 12.1 Å². The van der Waals surface area contributed by atoms with Crippen LogP contribution >= 0.6 is 11.8 Å². The molecule has 0 spiro atoms. The number of thioether (sulfide) groups is 1. The van der Waals surface area contributed by atoms with Gasteiger partial charge < -0.3 is 4.74 Å². The number of aromatic nitrogens is 4. The lowest BCUT2D eigenvalue weighted by atomic mass is 9.47. The number of carbonyl (C=O) groups excluding carboxylic acids is 2. The Balaban J connectivity index is 0.923. The number of allylic oxidation sites excluding steroid dienone is 1. The third kappa shape index (κ3) is 8.03. The standard InChI is InChI=1S/C46H68N4O3S/c1-7-32(30(2)3)14-13-31(4)38-17-18-39-37-16-15-34-29-36(21-25-45(34,5)40(37)22-26-46(38,39)6)53-41(51)19-20-42(52)54-44-49-48-43(33-23-27-47-28-24-33)50(44)35-11-9-8-10-12-35/h15,23-24,27-28,30-32,35-40H,7-14,16-22,25-26,29H2,1-6H3/t31-,32-,36+,37+,38-,39+,40+,45+,46-/m1/s1. The first-order valence-corrected chi connectivity index (χ1v) is 22.8. The number of nitrogens with zero attached hydrogens (tertiary/aromatic N) is 4. The van der Waals surface area contributed by atoms with Gasteiger partial charge in [0.1, 0.15) is 6.10 Å². The number of hydrogen-bond donors (Lipinski definition) is 0. The van der Waals surface area contributed by atoms with Crippen LogP contribution in [0, 0.1) is 52.3 Å². The van der Waals surface area contributed by atoms with Crippen LogP contribution in [0.15, 0.2) is 41.3 Å². The molecule has 9 atom stereocenters. The molecule has 4 saturated carbocycles. The Morgan fingerprint density at radius 3 is 2.44 bits per heavy atom. The molecule has 0 aromatic carbocycles. The fourth-order valence-electron chi connectivity index (χ4n) is 12.7. The number of pyridine rings is 1. The molecule has 2 aromatic rings. The molecular formula is C46H68N4O3S. The largest absolute Gasteiger partial charge is 0.462 e. The minimum Gasteiger partial charge on any atom is -0.462 e. The first kappa shape index (κ1) is 39.7. The van der Waals surface area contributed by atoms with Crippen LogP contribution in [0.5, 0.6) is 0 Å². The lowest BCUT2D eigenvalue weighted by Gasteiger charge is -2.58. The highest BCUT2D eigenvalue weighted by Gasteiger charge is 2.59. The molecule has 296 valence electrons. The number of carbonyl (C=O) groups is 2. The Labute approximate surface area is 330 Å². The van der Waals surface area contributed by atoms with Crippen molar-refractivity contribution in [3.63, 3.8) is 0 Å². The zero-order valence-electron chi connectivity index (χ0n) is 34.2. The van der Waals surface area contributed by atoms with Crippen molar-refractivity contribution in [2.45, 2.75) is 174 Å². The Kier molecular flexibility index (Phi) is 12.5. The molecule has 0 unspecified atom stereocenters. The number of hydrogen-bond acceptors (Lipinski definition) is 7. The molecule has 0 amide bonds. The Morgan fingerprint density at radius 1 is 0.926 bits per heavy atom. The van der Waals surface area contributed by atoms with Crippen molar-refractivity contribution >= 4 is 22.8 Å². The average molecular weight is 757 g/mol. The van der Waals surface area contributed by atoms with Gasteiger partial charge in [0.2, 0.25) is 0 Å². The number of fused-ring (bicyclic) bond motifs is 5. The summed E-state index contributed by atoms with van der Waals surface area (Å²) in [5.74, 6) is 6.26. The summed E-state index contributed by atoms with van der Waals surface area (Å²) in [6, 6.07) is 4.16. The van der Waals surface area contributed by atoms with Crippen LogP contribution in [0.4, 0.5) is 0 Å². The van der Waals surface area contributed by atoms with Crippen molar-refractivity contribution in [3.8, 4) is 11.4 Å². The predicted octanol–water partition coefficient (Wildman–Crippen LogP) is 11.8. The topological polar surface area (TPSA) is 87.0 Å². The maximum absolute atomic E-state index is 13.3. The van der Waals surface area contributed by atoms with Crippen molar-refractivity contribution < 1.29 is 14.3 Å². The van der Waals surface area contributed by atoms with Gasteiger partial charge in [0.25, 0.3) is 0 Å². The maximum atomic E-state index is 13.3. The molecule has 0 aliphatic heterocycles. The van der Waals surface area contributed by atoms with E-state index in [9.17, 15) is 9.59 Å². The summed E-state index contributed by atoms with van der Waals surface area (Å²) in [4.78, 5) is 30.6. The normalized spacial score (nSPS) is 32.3. The van der Waals surface area contributed by atoms with Gasteiger partial charge >= 0.3 is 5.97 Å².